The van der Waals surface area contributed by atoms with Crippen LogP contribution in [0.15, 0.2) is 36.4 Å². The summed E-state index contributed by atoms with van der Waals surface area (Å²) < 4.78 is 5.43. The lowest BCUT2D eigenvalue weighted by molar-refractivity contribution is -0.157. The van der Waals surface area contributed by atoms with E-state index in [1.165, 1.54) is 0 Å². The van der Waals surface area contributed by atoms with Gasteiger partial charge in [-0.05, 0) is 45.2 Å². The Morgan fingerprint density at radius 1 is 1.17 bits per heavy atom. The topological polar surface area (TPSA) is 55.4 Å². The third kappa shape index (κ3) is 4.68. The number of hydrogen-bond acceptors (Lipinski definition) is 3. The molecule has 0 spiro atoms. The van der Waals surface area contributed by atoms with Crippen molar-refractivity contribution in [1.82, 2.24) is 0 Å². The van der Waals surface area contributed by atoms with Gasteiger partial charge in [0.25, 0.3) is 0 Å². The molecule has 0 aliphatic heterocycles. The number of carbonyl (C=O) groups excluding carboxylic acids is 2. The van der Waals surface area contributed by atoms with Crippen molar-refractivity contribution in [3.8, 4) is 0 Å². The van der Waals surface area contributed by atoms with Crippen molar-refractivity contribution in [2.45, 2.75) is 46.1 Å². The minimum Gasteiger partial charge on any atom is -0.462 e. The standard InChI is InChI=1S/C19H25NO3/c1-4-14(3)23-19(22)17-8-6-5-7-16(17)18(21)20-15-11-9-13(2)10-12-15/h5-6,9-12,14,16-17H,4,7-8H2,1-3H3,(H,20,21)/t14-,16+,17+/m1/s1. The third-order valence-corrected chi connectivity index (χ3v) is 4.28. The highest BCUT2D eigenvalue weighted by Crippen LogP contribution is 2.28. The lowest BCUT2D eigenvalue weighted by atomic mass is 9.82. The van der Waals surface area contributed by atoms with E-state index in [4.69, 9.17) is 4.74 Å². The fourth-order valence-electron chi connectivity index (χ4n) is 2.61. The van der Waals surface area contributed by atoms with Gasteiger partial charge in [-0.3, -0.25) is 9.59 Å². The molecule has 124 valence electrons. The Morgan fingerprint density at radius 2 is 1.78 bits per heavy atom. The van der Waals surface area contributed by atoms with Gasteiger partial charge in [0, 0.05) is 5.69 Å². The number of ether oxygens (including phenoxy) is 1. The number of benzene rings is 1. The summed E-state index contributed by atoms with van der Waals surface area (Å²) in [4.78, 5) is 24.9. The van der Waals surface area contributed by atoms with Crippen LogP contribution in [0.1, 0.15) is 38.7 Å². The SMILES string of the molecule is CC[C@@H](C)OC(=O)[C@H]1CC=CC[C@@H]1C(=O)Nc1ccc(C)cc1. The van der Waals surface area contributed by atoms with Crippen LogP contribution in [-0.2, 0) is 14.3 Å². The molecule has 4 heteroatoms. The average Bonchev–Trinajstić information content (AvgIpc) is 2.56. The maximum Gasteiger partial charge on any atom is 0.310 e. The molecule has 4 nitrogen and oxygen atoms in total. The summed E-state index contributed by atoms with van der Waals surface area (Å²) >= 11 is 0. The van der Waals surface area contributed by atoms with Gasteiger partial charge in [0.2, 0.25) is 5.91 Å². The zero-order valence-corrected chi connectivity index (χ0v) is 14.0. The van der Waals surface area contributed by atoms with Gasteiger partial charge in [0.1, 0.15) is 0 Å². The Hall–Kier alpha value is -2.10. The molecule has 1 amide bonds. The van der Waals surface area contributed by atoms with Crippen molar-refractivity contribution < 1.29 is 14.3 Å². The van der Waals surface area contributed by atoms with Gasteiger partial charge < -0.3 is 10.1 Å². The summed E-state index contributed by atoms with van der Waals surface area (Å²) in [5.74, 6) is -1.17. The molecule has 0 unspecified atom stereocenters. The van der Waals surface area contributed by atoms with Crippen molar-refractivity contribution in [2.75, 3.05) is 5.32 Å². The number of anilines is 1. The molecule has 1 N–H and O–H groups in total. The molecule has 1 aromatic rings. The maximum absolute atomic E-state index is 12.6. The fraction of sp³-hybridized carbons (Fsp3) is 0.474. The summed E-state index contributed by atoms with van der Waals surface area (Å²) in [6.45, 7) is 5.84. The van der Waals surface area contributed by atoms with Crippen molar-refractivity contribution in [3.63, 3.8) is 0 Å². The van der Waals surface area contributed by atoms with Gasteiger partial charge >= 0.3 is 5.97 Å². The number of hydrogen-bond donors (Lipinski definition) is 1. The van der Waals surface area contributed by atoms with E-state index < -0.39 is 5.92 Å². The average molecular weight is 315 g/mol. The van der Waals surface area contributed by atoms with Gasteiger partial charge in [-0.15, -0.1) is 0 Å². The minimum atomic E-state index is -0.403. The number of carbonyl (C=O) groups is 2. The van der Waals surface area contributed by atoms with Gasteiger partial charge in [-0.25, -0.2) is 0 Å². The van der Waals surface area contributed by atoms with Crippen molar-refractivity contribution in [1.29, 1.82) is 0 Å². The van der Waals surface area contributed by atoms with Gasteiger partial charge in [-0.2, -0.15) is 0 Å². The molecule has 0 bridgehead atoms. The van der Waals surface area contributed by atoms with E-state index in [2.05, 4.69) is 5.32 Å². The predicted molar refractivity (Wildman–Crippen MR) is 91.0 cm³/mol. The van der Waals surface area contributed by atoms with Crippen LogP contribution in [0.3, 0.4) is 0 Å². The second-order valence-electron chi connectivity index (χ2n) is 6.17. The Morgan fingerprint density at radius 3 is 2.39 bits per heavy atom. The molecule has 0 radical (unpaired) electrons. The monoisotopic (exact) mass is 315 g/mol. The number of rotatable bonds is 5. The summed E-state index contributed by atoms with van der Waals surface area (Å²) in [5.41, 5.74) is 1.89. The number of allylic oxidation sites excluding steroid dienone is 2. The summed E-state index contributed by atoms with van der Waals surface area (Å²) in [5, 5.41) is 2.91. The molecule has 0 saturated carbocycles. The van der Waals surface area contributed by atoms with Crippen molar-refractivity contribution in [2.24, 2.45) is 11.8 Å². The number of nitrogens with one attached hydrogen (secondary N) is 1. The van der Waals surface area contributed by atoms with Crippen LogP contribution in [0, 0.1) is 18.8 Å². The quantitative estimate of drug-likeness (QED) is 0.663. The Balaban J connectivity index is 2.05. The second kappa shape index (κ2) is 7.95. The molecule has 1 aromatic carbocycles. The van der Waals surface area contributed by atoms with E-state index in [0.29, 0.717) is 12.8 Å². The van der Waals surface area contributed by atoms with Gasteiger partial charge in [0.05, 0.1) is 17.9 Å². The highest BCUT2D eigenvalue weighted by atomic mass is 16.5. The molecule has 3 atom stereocenters. The van der Waals surface area contributed by atoms with Crippen LogP contribution in [0.4, 0.5) is 5.69 Å². The van der Waals surface area contributed by atoms with Crippen LogP contribution in [0.25, 0.3) is 0 Å². The smallest absolute Gasteiger partial charge is 0.310 e. The highest BCUT2D eigenvalue weighted by molar-refractivity contribution is 5.95. The second-order valence-corrected chi connectivity index (χ2v) is 6.17. The van der Waals surface area contributed by atoms with Crippen molar-refractivity contribution >= 4 is 17.6 Å². The van der Waals surface area contributed by atoms with Crippen molar-refractivity contribution in [3.05, 3.63) is 42.0 Å². The molecular formula is C19H25NO3. The first-order valence-electron chi connectivity index (χ1n) is 8.24. The normalized spacial score (nSPS) is 21.5. The molecule has 0 saturated heterocycles. The molecule has 0 fully saturated rings. The van der Waals surface area contributed by atoms with Crippen LogP contribution >= 0.6 is 0 Å². The third-order valence-electron chi connectivity index (χ3n) is 4.28. The van der Waals surface area contributed by atoms with E-state index in [9.17, 15) is 9.59 Å². The molecule has 0 aromatic heterocycles. The lowest BCUT2D eigenvalue weighted by Gasteiger charge is -2.27. The molecular weight excluding hydrogens is 290 g/mol. The molecule has 2 rings (SSSR count). The van der Waals surface area contributed by atoms with E-state index in [1.54, 1.807) is 0 Å². The van der Waals surface area contributed by atoms with Gasteiger partial charge in [0.15, 0.2) is 0 Å². The largest absolute Gasteiger partial charge is 0.462 e. The van der Waals surface area contributed by atoms with E-state index in [0.717, 1.165) is 17.7 Å². The zero-order valence-electron chi connectivity index (χ0n) is 14.0. The summed E-state index contributed by atoms with van der Waals surface area (Å²) in [6, 6.07) is 7.65. The summed E-state index contributed by atoms with van der Waals surface area (Å²) in [7, 11) is 0. The van der Waals surface area contributed by atoms with Crippen LogP contribution in [0.5, 0.6) is 0 Å². The molecule has 23 heavy (non-hydrogen) atoms. The number of esters is 1. The van der Waals surface area contributed by atoms with Crippen LogP contribution in [-0.4, -0.2) is 18.0 Å². The van der Waals surface area contributed by atoms with Gasteiger partial charge in [-0.1, -0.05) is 36.8 Å². The molecule has 1 aliphatic carbocycles. The summed E-state index contributed by atoms with van der Waals surface area (Å²) in [6.07, 6.45) is 5.70. The van der Waals surface area contributed by atoms with E-state index in [1.807, 2.05) is 57.2 Å². The van der Waals surface area contributed by atoms with Crippen LogP contribution < -0.4 is 5.32 Å². The number of aryl methyl sites for hydroxylation is 1. The number of amides is 1. The Bertz CT molecular complexity index is 577. The predicted octanol–water partition coefficient (Wildman–Crippen LogP) is 3.86. The molecule has 0 heterocycles. The maximum atomic E-state index is 12.6. The van der Waals surface area contributed by atoms with Crippen LogP contribution in [0.2, 0.25) is 0 Å². The highest BCUT2D eigenvalue weighted by Gasteiger charge is 2.35. The lowest BCUT2D eigenvalue weighted by Crippen LogP contribution is -2.36. The van der Waals surface area contributed by atoms with E-state index in [-0.39, 0.29) is 23.9 Å². The minimum absolute atomic E-state index is 0.116. The Kier molecular flexibility index (Phi) is 5.97. The Labute approximate surface area is 137 Å². The zero-order chi connectivity index (χ0) is 16.8. The molecule has 1 aliphatic rings. The van der Waals surface area contributed by atoms with E-state index >= 15 is 0 Å². The first-order valence-corrected chi connectivity index (χ1v) is 8.24. The first-order chi connectivity index (χ1) is 11.0. The fourth-order valence-corrected chi connectivity index (χ4v) is 2.61. The first kappa shape index (κ1) is 17.3.